The first-order chi connectivity index (χ1) is 14.6. The van der Waals surface area contributed by atoms with Crippen LogP contribution in [0.2, 0.25) is 0 Å². The van der Waals surface area contributed by atoms with Gasteiger partial charge in [-0.25, -0.2) is 5.43 Å². The van der Waals surface area contributed by atoms with E-state index < -0.39 is 0 Å². The molecule has 1 amide bonds. The van der Waals surface area contributed by atoms with Crippen molar-refractivity contribution in [2.75, 3.05) is 0 Å². The van der Waals surface area contributed by atoms with Crippen LogP contribution in [0.4, 0.5) is 0 Å². The van der Waals surface area contributed by atoms with Gasteiger partial charge < -0.3 is 5.11 Å². The van der Waals surface area contributed by atoms with Crippen molar-refractivity contribution in [2.45, 2.75) is 19.8 Å². The number of hydrogen-bond donors (Lipinski definition) is 3. The number of phenols is 1. The van der Waals surface area contributed by atoms with E-state index in [1.165, 1.54) is 21.9 Å². The molecule has 4 aromatic rings. The zero-order chi connectivity index (χ0) is 20.7. The van der Waals surface area contributed by atoms with Crippen molar-refractivity contribution in [1.82, 2.24) is 15.6 Å². The van der Waals surface area contributed by atoms with E-state index in [1.807, 2.05) is 6.07 Å². The first-order valence-electron chi connectivity index (χ1n) is 9.83. The molecule has 1 aliphatic rings. The van der Waals surface area contributed by atoms with Gasteiger partial charge in [0.25, 0.3) is 5.91 Å². The minimum absolute atomic E-state index is 0.150. The fourth-order valence-electron chi connectivity index (χ4n) is 4.04. The third-order valence-electron chi connectivity index (χ3n) is 5.56. The van der Waals surface area contributed by atoms with Crippen LogP contribution in [-0.2, 0) is 12.8 Å². The molecule has 30 heavy (non-hydrogen) atoms. The lowest BCUT2D eigenvalue weighted by Gasteiger charge is -2.06. The van der Waals surface area contributed by atoms with Crippen molar-refractivity contribution in [3.05, 3.63) is 83.0 Å². The van der Waals surface area contributed by atoms with Crippen LogP contribution in [-0.4, -0.2) is 26.9 Å². The molecule has 1 aromatic heterocycles. The summed E-state index contributed by atoms with van der Waals surface area (Å²) in [6.45, 7) is 1.76. The third-order valence-corrected chi connectivity index (χ3v) is 5.56. The largest absolute Gasteiger partial charge is 0.508 e. The Bertz CT molecular complexity index is 1310. The van der Waals surface area contributed by atoms with Gasteiger partial charge >= 0.3 is 0 Å². The maximum Gasteiger partial charge on any atom is 0.289 e. The molecule has 0 aliphatic heterocycles. The molecule has 0 spiro atoms. The van der Waals surface area contributed by atoms with E-state index in [1.54, 1.807) is 31.2 Å². The Hall–Kier alpha value is -3.93. The first-order valence-corrected chi connectivity index (χ1v) is 9.83. The van der Waals surface area contributed by atoms with E-state index in [4.69, 9.17) is 0 Å². The molecular formula is C24H20N4O2. The summed E-state index contributed by atoms with van der Waals surface area (Å²) in [6, 6.07) is 19.1. The van der Waals surface area contributed by atoms with Gasteiger partial charge in [0, 0.05) is 11.1 Å². The van der Waals surface area contributed by atoms with E-state index in [2.05, 4.69) is 51.1 Å². The molecule has 0 saturated heterocycles. The average molecular weight is 396 g/mol. The molecule has 0 saturated carbocycles. The first kappa shape index (κ1) is 18.1. The Balaban J connectivity index is 1.41. The van der Waals surface area contributed by atoms with E-state index in [0.29, 0.717) is 11.4 Å². The van der Waals surface area contributed by atoms with Gasteiger partial charge in [0.2, 0.25) is 0 Å². The van der Waals surface area contributed by atoms with E-state index >= 15 is 0 Å². The number of aromatic hydroxyl groups is 1. The Labute approximate surface area is 173 Å². The average Bonchev–Trinajstić information content (AvgIpc) is 3.41. The topological polar surface area (TPSA) is 90.4 Å². The van der Waals surface area contributed by atoms with Gasteiger partial charge in [-0.05, 0) is 59.9 Å². The van der Waals surface area contributed by atoms with Crippen LogP contribution in [0.3, 0.4) is 0 Å². The Morgan fingerprint density at radius 2 is 1.87 bits per heavy atom. The predicted octanol–water partition coefficient (Wildman–Crippen LogP) is 4.19. The van der Waals surface area contributed by atoms with Crippen LogP contribution in [0.5, 0.6) is 5.75 Å². The molecule has 1 aliphatic carbocycles. The number of amides is 1. The number of H-pyrrole nitrogens is 1. The maximum atomic E-state index is 12.5. The van der Waals surface area contributed by atoms with Crippen molar-refractivity contribution in [2.24, 2.45) is 5.10 Å². The molecule has 0 unspecified atom stereocenters. The summed E-state index contributed by atoms with van der Waals surface area (Å²) >= 11 is 0. The minimum atomic E-state index is -0.376. The monoisotopic (exact) mass is 396 g/mol. The molecule has 1 heterocycles. The second kappa shape index (κ2) is 7.15. The van der Waals surface area contributed by atoms with Crippen LogP contribution < -0.4 is 5.43 Å². The molecule has 0 radical (unpaired) electrons. The Morgan fingerprint density at radius 1 is 1.07 bits per heavy atom. The summed E-state index contributed by atoms with van der Waals surface area (Å²) in [4.78, 5) is 12.5. The van der Waals surface area contributed by atoms with E-state index in [0.717, 1.165) is 29.7 Å². The highest BCUT2D eigenvalue weighted by Gasteiger charge is 2.18. The highest BCUT2D eigenvalue weighted by atomic mass is 16.3. The van der Waals surface area contributed by atoms with Gasteiger partial charge in [0.05, 0.1) is 11.4 Å². The summed E-state index contributed by atoms with van der Waals surface area (Å²) in [5.41, 5.74) is 8.67. The summed E-state index contributed by atoms with van der Waals surface area (Å²) in [6.07, 6.45) is 2.14. The van der Waals surface area contributed by atoms with Crippen LogP contribution in [0.15, 0.2) is 65.8 Å². The number of nitrogens with zero attached hydrogens (tertiary/aromatic N) is 2. The van der Waals surface area contributed by atoms with Gasteiger partial charge in [0.15, 0.2) is 0 Å². The Kier molecular flexibility index (Phi) is 4.32. The molecular weight excluding hydrogens is 376 g/mol. The second-order valence-corrected chi connectivity index (χ2v) is 7.47. The number of aryl methyl sites for hydroxylation is 2. The fourth-order valence-corrected chi connectivity index (χ4v) is 4.04. The lowest BCUT2D eigenvalue weighted by Crippen LogP contribution is -2.19. The summed E-state index contributed by atoms with van der Waals surface area (Å²) < 4.78 is 0. The summed E-state index contributed by atoms with van der Waals surface area (Å²) in [5, 5.41) is 23.4. The van der Waals surface area contributed by atoms with Crippen molar-refractivity contribution < 1.29 is 9.90 Å². The minimum Gasteiger partial charge on any atom is -0.508 e. The quantitative estimate of drug-likeness (QED) is 0.357. The van der Waals surface area contributed by atoms with Gasteiger partial charge in [-0.15, -0.1) is 0 Å². The van der Waals surface area contributed by atoms with E-state index in [9.17, 15) is 9.90 Å². The van der Waals surface area contributed by atoms with Crippen molar-refractivity contribution in [1.29, 1.82) is 0 Å². The smallest absolute Gasteiger partial charge is 0.289 e. The number of hydrazone groups is 1. The lowest BCUT2D eigenvalue weighted by molar-refractivity contribution is 0.0950. The van der Waals surface area contributed by atoms with Crippen molar-refractivity contribution in [3.63, 3.8) is 0 Å². The van der Waals surface area contributed by atoms with Crippen LogP contribution in [0.1, 0.15) is 34.1 Å². The number of aromatic nitrogens is 2. The summed E-state index contributed by atoms with van der Waals surface area (Å²) in [5.74, 6) is -0.226. The predicted molar refractivity (Wildman–Crippen MR) is 117 cm³/mol. The normalized spacial score (nSPS) is 13.0. The molecule has 148 valence electrons. The van der Waals surface area contributed by atoms with Gasteiger partial charge in [0.1, 0.15) is 11.4 Å². The van der Waals surface area contributed by atoms with Crippen molar-refractivity contribution in [3.8, 4) is 17.0 Å². The number of carbonyl (C=O) groups excluding carboxylic acids is 1. The number of aromatic amines is 1. The Morgan fingerprint density at radius 3 is 2.70 bits per heavy atom. The molecule has 6 nitrogen and oxygen atoms in total. The van der Waals surface area contributed by atoms with Crippen LogP contribution in [0, 0.1) is 0 Å². The fraction of sp³-hybridized carbons (Fsp3) is 0.125. The highest BCUT2D eigenvalue weighted by molar-refractivity contribution is 6.03. The molecule has 6 heteroatoms. The number of nitrogens with one attached hydrogen (secondary N) is 2. The molecule has 5 rings (SSSR count). The number of hydrogen-bond acceptors (Lipinski definition) is 4. The van der Waals surface area contributed by atoms with Gasteiger partial charge in [-0.2, -0.15) is 10.2 Å². The summed E-state index contributed by atoms with van der Waals surface area (Å²) in [7, 11) is 0. The van der Waals surface area contributed by atoms with Crippen LogP contribution in [0.25, 0.3) is 22.0 Å². The number of rotatable bonds is 4. The van der Waals surface area contributed by atoms with Gasteiger partial charge in [-0.3, -0.25) is 9.89 Å². The molecule has 0 fully saturated rings. The third kappa shape index (κ3) is 3.12. The number of benzene rings is 3. The molecule has 3 aromatic carbocycles. The maximum absolute atomic E-state index is 12.5. The molecule has 3 N–H and O–H groups in total. The zero-order valence-corrected chi connectivity index (χ0v) is 16.4. The van der Waals surface area contributed by atoms with E-state index in [-0.39, 0.29) is 11.7 Å². The molecule has 0 bridgehead atoms. The SMILES string of the molecule is CC(=NNC(=O)c1cc(-c2ccc3c4c(cccc24)CC3)n[nH]1)c1cccc(O)c1. The van der Waals surface area contributed by atoms with Gasteiger partial charge in [-0.1, -0.05) is 42.5 Å². The molecule has 0 atom stereocenters. The van der Waals surface area contributed by atoms with Crippen molar-refractivity contribution >= 4 is 22.4 Å². The van der Waals surface area contributed by atoms with Crippen LogP contribution >= 0.6 is 0 Å². The standard InChI is InChI=1S/C24H20N4O2/c1-14(17-5-2-6-18(29)12-17)25-28-24(30)22-13-21(26-27-22)19-11-10-16-9-8-15-4-3-7-20(19)23(15)16/h2-7,10-13,29H,8-9H2,1H3,(H,26,27)(H,28,30). The number of carbonyl (C=O) groups is 1. The lowest BCUT2D eigenvalue weighted by atomic mass is 9.98. The number of phenolic OH excluding ortho intramolecular Hbond substituents is 1. The highest BCUT2D eigenvalue weighted by Crippen LogP contribution is 2.36. The zero-order valence-electron chi connectivity index (χ0n) is 16.4. The second-order valence-electron chi connectivity index (χ2n) is 7.47.